The van der Waals surface area contributed by atoms with Crippen molar-refractivity contribution < 1.29 is 27.4 Å². The Morgan fingerprint density at radius 1 is 0.867 bits per heavy atom. The molecule has 1 aliphatic heterocycles. The zero-order valence-electron chi connectivity index (χ0n) is 25.4. The van der Waals surface area contributed by atoms with Crippen LogP contribution in [0.15, 0.2) is 84.9 Å². The van der Waals surface area contributed by atoms with Crippen LogP contribution in [0.5, 0.6) is 5.75 Å². The molecule has 0 atom stereocenters. The first-order chi connectivity index (χ1) is 21.8. The number of alkyl carbamates (subject to hydrolysis) is 1. The van der Waals surface area contributed by atoms with Crippen LogP contribution in [0, 0.1) is 0 Å². The van der Waals surface area contributed by atoms with E-state index in [1.165, 1.54) is 5.69 Å². The number of alkyl halides is 3. The van der Waals surface area contributed by atoms with E-state index >= 15 is 0 Å². The number of unbranched alkanes of at least 4 members (excludes halogenated alkanes) is 1. The van der Waals surface area contributed by atoms with Gasteiger partial charge in [0.25, 0.3) is 0 Å². The Morgan fingerprint density at radius 3 is 2.22 bits per heavy atom. The van der Waals surface area contributed by atoms with Crippen LogP contribution in [0.3, 0.4) is 0 Å². The summed E-state index contributed by atoms with van der Waals surface area (Å²) in [5.41, 5.74) is 3.54. The van der Waals surface area contributed by atoms with Gasteiger partial charge in [-0.3, -0.25) is 4.90 Å². The van der Waals surface area contributed by atoms with Crippen molar-refractivity contribution in [1.29, 1.82) is 0 Å². The highest BCUT2D eigenvalue weighted by atomic mass is 19.4. The van der Waals surface area contributed by atoms with Crippen molar-refractivity contribution >= 4 is 22.6 Å². The molecule has 45 heavy (non-hydrogen) atoms. The highest BCUT2D eigenvalue weighted by Gasteiger charge is 2.46. The van der Waals surface area contributed by atoms with E-state index in [2.05, 4.69) is 34.1 Å². The van der Waals surface area contributed by atoms with E-state index in [9.17, 15) is 18.0 Å². The van der Waals surface area contributed by atoms with Crippen molar-refractivity contribution in [1.82, 2.24) is 10.2 Å². The maximum absolute atomic E-state index is 12.9. The average Bonchev–Trinajstić information content (AvgIpc) is 3.32. The van der Waals surface area contributed by atoms with Crippen molar-refractivity contribution in [2.24, 2.45) is 0 Å². The standard InChI is InChI=1S/C36H38F3N3O3/c1-2-44-33-15-9-10-26-16-17-27(24-30(26)33)42-22-20-41(21-23-42)19-8-7-18-35(45-34(43)40-25-36(37,38)39)31-13-5-3-11-28(31)29-12-4-6-14-32(29)35/h3-6,9-17,24H,2,7-8,18-23,25H2,1H3,(H,40,43). The zero-order chi connectivity index (χ0) is 31.4. The van der Waals surface area contributed by atoms with E-state index < -0.39 is 24.4 Å². The summed E-state index contributed by atoms with van der Waals surface area (Å²) in [6.07, 6.45) is -3.52. The van der Waals surface area contributed by atoms with E-state index in [1.807, 2.05) is 72.9 Å². The lowest BCUT2D eigenvalue weighted by Crippen LogP contribution is -2.46. The predicted octanol–water partition coefficient (Wildman–Crippen LogP) is 7.74. The lowest BCUT2D eigenvalue weighted by Gasteiger charge is -2.36. The number of piperazine rings is 1. The summed E-state index contributed by atoms with van der Waals surface area (Å²) in [5, 5.41) is 4.19. The van der Waals surface area contributed by atoms with Gasteiger partial charge >= 0.3 is 12.3 Å². The molecule has 1 amide bonds. The maximum atomic E-state index is 12.9. The second-order valence-corrected chi connectivity index (χ2v) is 11.7. The number of carbonyl (C=O) groups is 1. The number of benzene rings is 4. The summed E-state index contributed by atoms with van der Waals surface area (Å²) in [6, 6.07) is 28.1. The van der Waals surface area contributed by atoms with Gasteiger partial charge in [-0.25, -0.2) is 4.79 Å². The van der Waals surface area contributed by atoms with Crippen molar-refractivity contribution in [3.63, 3.8) is 0 Å². The number of anilines is 1. The quantitative estimate of drug-likeness (QED) is 0.185. The number of nitrogens with one attached hydrogen (secondary N) is 1. The molecular weight excluding hydrogens is 579 g/mol. The van der Waals surface area contributed by atoms with Crippen molar-refractivity contribution in [2.75, 3.05) is 50.8 Å². The van der Waals surface area contributed by atoms with Gasteiger partial charge in [0.2, 0.25) is 0 Å². The van der Waals surface area contributed by atoms with Crippen LogP contribution in [-0.4, -0.2) is 63.0 Å². The molecule has 9 heteroatoms. The zero-order valence-corrected chi connectivity index (χ0v) is 25.4. The molecule has 0 unspecified atom stereocenters. The summed E-state index contributed by atoms with van der Waals surface area (Å²) in [4.78, 5) is 17.6. The molecule has 0 radical (unpaired) electrons. The van der Waals surface area contributed by atoms with E-state index in [0.717, 1.165) is 84.3 Å². The fourth-order valence-electron chi connectivity index (χ4n) is 6.73. The first-order valence-corrected chi connectivity index (χ1v) is 15.6. The second-order valence-electron chi connectivity index (χ2n) is 11.7. The molecule has 1 heterocycles. The third-order valence-electron chi connectivity index (χ3n) is 8.83. The van der Waals surface area contributed by atoms with Gasteiger partial charge in [0.15, 0.2) is 5.60 Å². The van der Waals surface area contributed by atoms with Crippen LogP contribution < -0.4 is 15.0 Å². The van der Waals surface area contributed by atoms with Crippen LogP contribution in [0.4, 0.5) is 23.7 Å². The Morgan fingerprint density at radius 2 is 1.56 bits per heavy atom. The lowest BCUT2D eigenvalue weighted by atomic mass is 9.86. The molecule has 0 bridgehead atoms. The summed E-state index contributed by atoms with van der Waals surface area (Å²) >= 11 is 0. The average molecular weight is 618 g/mol. The maximum Gasteiger partial charge on any atom is 0.408 e. The molecule has 1 saturated heterocycles. The number of fused-ring (bicyclic) bond motifs is 4. The van der Waals surface area contributed by atoms with E-state index in [1.54, 1.807) is 0 Å². The Hall–Kier alpha value is -4.24. The van der Waals surface area contributed by atoms with E-state index in [0.29, 0.717) is 13.0 Å². The monoisotopic (exact) mass is 617 g/mol. The normalized spacial score (nSPS) is 15.9. The molecule has 0 saturated carbocycles. The molecule has 0 spiro atoms. The number of ether oxygens (including phenoxy) is 2. The molecule has 0 aromatic heterocycles. The molecule has 1 N–H and O–H groups in total. The molecule has 2 aliphatic rings. The first kappa shape index (κ1) is 30.8. The van der Waals surface area contributed by atoms with Crippen LogP contribution >= 0.6 is 0 Å². The first-order valence-electron chi connectivity index (χ1n) is 15.6. The SMILES string of the molecule is CCOc1cccc2ccc(N3CCN(CCCCC4(OC(=O)NCC(F)(F)F)c5ccccc5-c5ccccc54)CC3)cc12. The Balaban J connectivity index is 1.10. The van der Waals surface area contributed by atoms with Crippen LogP contribution in [0.2, 0.25) is 0 Å². The van der Waals surface area contributed by atoms with Crippen molar-refractivity contribution in [2.45, 2.75) is 38.0 Å². The van der Waals surface area contributed by atoms with Crippen LogP contribution in [-0.2, 0) is 10.3 Å². The largest absolute Gasteiger partial charge is 0.493 e. The molecule has 6 nitrogen and oxygen atoms in total. The topological polar surface area (TPSA) is 54.0 Å². The van der Waals surface area contributed by atoms with Crippen LogP contribution in [0.25, 0.3) is 21.9 Å². The van der Waals surface area contributed by atoms with Crippen LogP contribution in [0.1, 0.15) is 37.3 Å². The number of hydrogen-bond acceptors (Lipinski definition) is 5. The van der Waals surface area contributed by atoms with Gasteiger partial charge in [0, 0.05) is 48.4 Å². The van der Waals surface area contributed by atoms with Gasteiger partial charge in [0.1, 0.15) is 12.3 Å². The highest BCUT2D eigenvalue weighted by Crippen LogP contribution is 2.52. The number of halogens is 3. The fourth-order valence-corrected chi connectivity index (χ4v) is 6.73. The molecule has 6 rings (SSSR count). The molecule has 1 fully saturated rings. The molecule has 1 aliphatic carbocycles. The van der Waals surface area contributed by atoms with Gasteiger partial charge in [-0.15, -0.1) is 0 Å². The van der Waals surface area contributed by atoms with Crippen molar-refractivity contribution in [3.05, 3.63) is 96.1 Å². The third kappa shape index (κ3) is 6.59. The molecule has 4 aromatic carbocycles. The number of amides is 1. The fraction of sp³-hybridized carbons (Fsp3) is 0.361. The summed E-state index contributed by atoms with van der Waals surface area (Å²) in [6.45, 7) is 5.75. The number of nitrogens with zero attached hydrogens (tertiary/aromatic N) is 2. The second kappa shape index (κ2) is 13.0. The lowest BCUT2D eigenvalue weighted by molar-refractivity contribution is -0.124. The van der Waals surface area contributed by atoms with Gasteiger partial charge < -0.3 is 19.7 Å². The van der Waals surface area contributed by atoms with E-state index in [4.69, 9.17) is 9.47 Å². The Labute approximate surface area is 261 Å². The highest BCUT2D eigenvalue weighted by molar-refractivity contribution is 5.91. The minimum Gasteiger partial charge on any atom is -0.493 e. The summed E-state index contributed by atoms with van der Waals surface area (Å²) < 4.78 is 50.5. The molecular formula is C36H38F3N3O3. The number of carbonyl (C=O) groups excluding carboxylic acids is 1. The van der Waals surface area contributed by atoms with Gasteiger partial charge in [-0.2, -0.15) is 13.2 Å². The summed E-state index contributed by atoms with van der Waals surface area (Å²) in [7, 11) is 0. The minimum atomic E-state index is -4.53. The minimum absolute atomic E-state index is 0.472. The Bertz CT molecular complexity index is 1600. The van der Waals surface area contributed by atoms with E-state index in [-0.39, 0.29) is 0 Å². The summed E-state index contributed by atoms with van der Waals surface area (Å²) in [5.74, 6) is 0.905. The van der Waals surface area contributed by atoms with Crippen molar-refractivity contribution in [3.8, 4) is 16.9 Å². The third-order valence-corrected chi connectivity index (χ3v) is 8.83. The number of rotatable bonds is 10. The smallest absolute Gasteiger partial charge is 0.408 e. The van der Waals surface area contributed by atoms with Gasteiger partial charge in [0.05, 0.1) is 6.61 Å². The molecule has 236 valence electrons. The number of hydrogen-bond donors (Lipinski definition) is 1. The predicted molar refractivity (Wildman–Crippen MR) is 171 cm³/mol. The molecule has 4 aromatic rings. The van der Waals surface area contributed by atoms with Gasteiger partial charge in [-0.05, 0) is 67.4 Å². The van der Waals surface area contributed by atoms with Gasteiger partial charge in [-0.1, -0.05) is 66.7 Å². The Kier molecular flexibility index (Phi) is 8.90.